The number of ketones is 1. The fourth-order valence-electron chi connectivity index (χ4n) is 3.03. The van der Waals surface area contributed by atoms with Crippen LogP contribution in [0.2, 0.25) is 0 Å². The maximum absolute atomic E-state index is 12.2. The Kier molecular flexibility index (Phi) is 7.80. The molecule has 0 radical (unpaired) electrons. The minimum Gasteiger partial charge on any atom is -0.497 e. The molecule has 1 amide bonds. The monoisotopic (exact) mass is 451 g/mol. The van der Waals surface area contributed by atoms with Gasteiger partial charge in [-0.05, 0) is 55.5 Å². The van der Waals surface area contributed by atoms with Crippen molar-refractivity contribution in [3.8, 4) is 28.5 Å². The number of ether oxygens (including phenoxy) is 3. The lowest BCUT2D eigenvalue weighted by Gasteiger charge is -2.12. The largest absolute Gasteiger partial charge is 0.497 e. The lowest BCUT2D eigenvalue weighted by atomic mass is 10.1. The number of carbonyl (C=O) groups excluding carboxylic acids is 2. The first-order valence-electron chi connectivity index (χ1n) is 10.2. The lowest BCUT2D eigenvalue weighted by molar-refractivity contribution is -0.123. The summed E-state index contributed by atoms with van der Waals surface area (Å²) in [5.41, 5.74) is 1.69. The van der Waals surface area contributed by atoms with Crippen molar-refractivity contribution in [2.75, 3.05) is 27.4 Å². The smallest absolute Gasteiger partial charge is 0.266 e. The number of aromatic nitrogens is 2. The van der Waals surface area contributed by atoms with Gasteiger partial charge in [-0.3, -0.25) is 14.4 Å². The number of nitrogens with one attached hydrogen (secondary N) is 1. The molecule has 3 rings (SSSR count). The molecule has 1 aromatic heterocycles. The van der Waals surface area contributed by atoms with Crippen LogP contribution >= 0.6 is 0 Å². The van der Waals surface area contributed by atoms with Crippen molar-refractivity contribution >= 4 is 11.7 Å². The number of methoxy groups -OCH3 is 2. The minimum absolute atomic E-state index is 0.0995. The van der Waals surface area contributed by atoms with E-state index in [1.54, 1.807) is 31.4 Å². The summed E-state index contributed by atoms with van der Waals surface area (Å²) in [7, 11) is 3.05. The Morgan fingerprint density at radius 3 is 2.39 bits per heavy atom. The SMILES string of the molecule is COc1ccc(-c2ccc(=O)n(CCNC(=O)COc3ccc(C(C)=O)cc3OC)n2)cc1. The van der Waals surface area contributed by atoms with E-state index in [9.17, 15) is 14.4 Å². The zero-order chi connectivity index (χ0) is 23.8. The molecule has 9 nitrogen and oxygen atoms in total. The van der Waals surface area contributed by atoms with Gasteiger partial charge < -0.3 is 19.5 Å². The van der Waals surface area contributed by atoms with Gasteiger partial charge in [0.05, 0.1) is 26.5 Å². The highest BCUT2D eigenvalue weighted by Crippen LogP contribution is 2.28. The molecule has 0 bridgehead atoms. The summed E-state index contributed by atoms with van der Waals surface area (Å²) >= 11 is 0. The maximum atomic E-state index is 12.2. The number of benzene rings is 2. The molecule has 1 heterocycles. The van der Waals surface area contributed by atoms with E-state index < -0.39 is 0 Å². The number of nitrogens with zero attached hydrogens (tertiary/aromatic N) is 2. The average Bonchev–Trinajstić information content (AvgIpc) is 2.83. The van der Waals surface area contributed by atoms with Crippen molar-refractivity contribution in [2.24, 2.45) is 0 Å². The first-order chi connectivity index (χ1) is 15.9. The Labute approximate surface area is 190 Å². The van der Waals surface area contributed by atoms with Crippen molar-refractivity contribution in [3.05, 3.63) is 70.5 Å². The third kappa shape index (κ3) is 6.19. The number of carbonyl (C=O) groups is 2. The van der Waals surface area contributed by atoms with E-state index in [1.807, 2.05) is 24.3 Å². The molecule has 9 heteroatoms. The van der Waals surface area contributed by atoms with E-state index >= 15 is 0 Å². The topological polar surface area (TPSA) is 109 Å². The number of Topliss-reactive ketones (excluding diaryl/α,β-unsaturated/α-hetero) is 1. The summed E-state index contributed by atoms with van der Waals surface area (Å²) in [6, 6.07) is 15.2. The zero-order valence-corrected chi connectivity index (χ0v) is 18.7. The van der Waals surface area contributed by atoms with Gasteiger partial charge in [-0.1, -0.05) is 0 Å². The van der Waals surface area contributed by atoms with E-state index in [0.717, 1.165) is 11.3 Å². The Bertz CT molecular complexity index is 1190. The summed E-state index contributed by atoms with van der Waals surface area (Å²) in [4.78, 5) is 35.8. The molecule has 0 saturated heterocycles. The van der Waals surface area contributed by atoms with E-state index in [4.69, 9.17) is 14.2 Å². The van der Waals surface area contributed by atoms with Gasteiger partial charge >= 0.3 is 0 Å². The second-order valence-corrected chi connectivity index (χ2v) is 7.07. The van der Waals surface area contributed by atoms with Crippen molar-refractivity contribution in [1.82, 2.24) is 15.1 Å². The first-order valence-corrected chi connectivity index (χ1v) is 10.2. The van der Waals surface area contributed by atoms with Crippen LogP contribution in [0.3, 0.4) is 0 Å². The van der Waals surface area contributed by atoms with E-state index in [0.29, 0.717) is 22.8 Å². The average molecular weight is 451 g/mol. The van der Waals surface area contributed by atoms with Crippen LogP contribution in [0.4, 0.5) is 0 Å². The van der Waals surface area contributed by atoms with Gasteiger partial charge in [-0.25, -0.2) is 4.68 Å². The van der Waals surface area contributed by atoms with Gasteiger partial charge in [0, 0.05) is 23.7 Å². The number of hydrogen-bond acceptors (Lipinski definition) is 7. The third-order valence-corrected chi connectivity index (χ3v) is 4.83. The molecule has 0 atom stereocenters. The predicted octanol–water partition coefficient (Wildman–Crippen LogP) is 2.33. The Balaban J connectivity index is 1.55. The number of rotatable bonds is 10. The summed E-state index contributed by atoms with van der Waals surface area (Å²) in [5, 5.41) is 7.07. The molecule has 172 valence electrons. The Morgan fingerprint density at radius 2 is 1.73 bits per heavy atom. The highest BCUT2D eigenvalue weighted by Gasteiger charge is 2.11. The van der Waals surface area contributed by atoms with Crippen LogP contribution in [0, 0.1) is 0 Å². The normalized spacial score (nSPS) is 10.4. The highest BCUT2D eigenvalue weighted by atomic mass is 16.5. The van der Waals surface area contributed by atoms with Gasteiger partial charge in [0.25, 0.3) is 11.5 Å². The van der Waals surface area contributed by atoms with Crippen LogP contribution in [0.1, 0.15) is 17.3 Å². The van der Waals surface area contributed by atoms with Crippen LogP contribution in [0.5, 0.6) is 17.2 Å². The zero-order valence-electron chi connectivity index (χ0n) is 18.7. The molecular weight excluding hydrogens is 426 g/mol. The minimum atomic E-state index is -0.368. The molecular formula is C24H25N3O6. The van der Waals surface area contributed by atoms with Crippen LogP contribution < -0.4 is 25.1 Å². The molecule has 0 aliphatic rings. The molecule has 33 heavy (non-hydrogen) atoms. The molecule has 0 unspecified atom stereocenters. The van der Waals surface area contributed by atoms with Gasteiger partial charge in [0.15, 0.2) is 23.9 Å². The fraction of sp³-hybridized carbons (Fsp3) is 0.250. The van der Waals surface area contributed by atoms with Gasteiger partial charge in [0.1, 0.15) is 5.75 Å². The lowest BCUT2D eigenvalue weighted by Crippen LogP contribution is -2.34. The van der Waals surface area contributed by atoms with Crippen LogP contribution in [0.15, 0.2) is 59.4 Å². The van der Waals surface area contributed by atoms with Crippen LogP contribution in [-0.2, 0) is 11.3 Å². The van der Waals surface area contributed by atoms with Crippen LogP contribution in [0.25, 0.3) is 11.3 Å². The Hall–Kier alpha value is -4.14. The quantitative estimate of drug-likeness (QED) is 0.471. The van der Waals surface area contributed by atoms with E-state index in [2.05, 4.69) is 10.4 Å². The van der Waals surface area contributed by atoms with Gasteiger partial charge in [-0.15, -0.1) is 0 Å². The van der Waals surface area contributed by atoms with Crippen molar-refractivity contribution in [2.45, 2.75) is 13.5 Å². The van der Waals surface area contributed by atoms with Crippen molar-refractivity contribution in [1.29, 1.82) is 0 Å². The Morgan fingerprint density at radius 1 is 0.970 bits per heavy atom. The van der Waals surface area contributed by atoms with E-state index in [-0.39, 0.29) is 36.9 Å². The second-order valence-electron chi connectivity index (χ2n) is 7.07. The summed E-state index contributed by atoms with van der Waals surface area (Å²) in [6.07, 6.45) is 0. The van der Waals surface area contributed by atoms with E-state index in [1.165, 1.54) is 24.8 Å². The van der Waals surface area contributed by atoms with Crippen LogP contribution in [-0.4, -0.2) is 48.8 Å². The number of hydrogen-bond donors (Lipinski definition) is 1. The molecule has 0 aliphatic carbocycles. The van der Waals surface area contributed by atoms with Crippen molar-refractivity contribution < 1.29 is 23.8 Å². The molecule has 3 aromatic rings. The van der Waals surface area contributed by atoms with Gasteiger partial charge in [-0.2, -0.15) is 5.10 Å². The molecule has 0 saturated carbocycles. The van der Waals surface area contributed by atoms with Gasteiger partial charge in [0.2, 0.25) is 0 Å². The number of amides is 1. The summed E-state index contributed by atoms with van der Waals surface area (Å²) < 4.78 is 17.2. The first kappa shape index (κ1) is 23.5. The highest BCUT2D eigenvalue weighted by molar-refractivity contribution is 5.94. The molecule has 2 aromatic carbocycles. The molecule has 0 spiro atoms. The predicted molar refractivity (Wildman–Crippen MR) is 122 cm³/mol. The summed E-state index contributed by atoms with van der Waals surface area (Å²) in [6.45, 7) is 1.60. The van der Waals surface area contributed by atoms with Crippen molar-refractivity contribution in [3.63, 3.8) is 0 Å². The second kappa shape index (κ2) is 10.9. The fourth-order valence-corrected chi connectivity index (χ4v) is 3.03. The summed E-state index contributed by atoms with van der Waals surface area (Å²) in [5.74, 6) is 0.971. The maximum Gasteiger partial charge on any atom is 0.266 e. The molecule has 1 N–H and O–H groups in total. The third-order valence-electron chi connectivity index (χ3n) is 4.83. The standard InChI is InChI=1S/C24H25N3O6/c1-16(28)18-6-10-21(22(14-18)32-3)33-15-23(29)25-12-13-27-24(30)11-9-20(26-27)17-4-7-19(31-2)8-5-17/h4-11,14H,12-13,15H2,1-3H3,(H,25,29). The molecule has 0 aliphatic heterocycles. The molecule has 0 fully saturated rings.